The lowest BCUT2D eigenvalue weighted by Crippen LogP contribution is -1.97. The highest BCUT2D eigenvalue weighted by Gasteiger charge is 2.17. The third kappa shape index (κ3) is 1.59. The second-order valence-corrected chi connectivity index (χ2v) is 3.36. The normalized spacial score (nSPS) is 22.9. The Kier molecular flexibility index (Phi) is 2.28. The van der Waals surface area contributed by atoms with Crippen LogP contribution in [0.1, 0.15) is 17.9 Å². The maximum Gasteiger partial charge on any atom is 0.129 e. The lowest BCUT2D eigenvalue weighted by molar-refractivity contribution is 0.194. The molecule has 1 saturated heterocycles. The average Bonchev–Trinajstić information content (AvgIpc) is 2.58. The highest BCUT2D eigenvalue weighted by Crippen LogP contribution is 2.24. The molecule has 0 N–H and O–H groups in total. The number of hydrogen-bond acceptors (Lipinski definition) is 2. The maximum atomic E-state index is 5.68. The summed E-state index contributed by atoms with van der Waals surface area (Å²) in [7, 11) is 0. The van der Waals surface area contributed by atoms with E-state index in [0.29, 0.717) is 11.1 Å². The molecule has 0 radical (unpaired) electrons. The van der Waals surface area contributed by atoms with Crippen LogP contribution in [0.5, 0.6) is 0 Å². The summed E-state index contributed by atoms with van der Waals surface area (Å²) >= 11 is 5.68. The minimum atomic E-state index is 0.523. The number of ether oxygens (including phenoxy) is 1. The minimum absolute atomic E-state index is 0.523. The Balaban J connectivity index is 2.17. The van der Waals surface area contributed by atoms with E-state index in [9.17, 15) is 0 Å². The van der Waals surface area contributed by atoms with Gasteiger partial charge in [0.05, 0.1) is 6.61 Å². The summed E-state index contributed by atoms with van der Waals surface area (Å²) in [6, 6.07) is 3.85. The Hall–Kier alpha value is -0.600. The number of pyridine rings is 1. The fourth-order valence-electron chi connectivity index (χ4n) is 1.43. The zero-order valence-electron chi connectivity index (χ0n) is 6.66. The van der Waals surface area contributed by atoms with Crippen LogP contribution in [-0.2, 0) is 4.74 Å². The number of aromatic nitrogens is 1. The lowest BCUT2D eigenvalue weighted by atomic mass is 10.0. The molecular weight excluding hydrogens is 174 g/mol. The van der Waals surface area contributed by atoms with E-state index in [0.717, 1.165) is 19.6 Å². The van der Waals surface area contributed by atoms with Crippen LogP contribution in [0.2, 0.25) is 5.15 Å². The molecule has 1 aliphatic rings. The summed E-state index contributed by atoms with van der Waals surface area (Å²) in [5, 5.41) is 0.553. The van der Waals surface area contributed by atoms with E-state index >= 15 is 0 Å². The van der Waals surface area contributed by atoms with Crippen molar-refractivity contribution < 1.29 is 4.74 Å². The fraction of sp³-hybridized carbons (Fsp3) is 0.444. The van der Waals surface area contributed by atoms with Gasteiger partial charge in [0.25, 0.3) is 0 Å². The van der Waals surface area contributed by atoms with Crippen LogP contribution in [0.25, 0.3) is 0 Å². The van der Waals surface area contributed by atoms with Gasteiger partial charge in [-0.1, -0.05) is 17.7 Å². The Morgan fingerprint density at radius 3 is 3.00 bits per heavy atom. The van der Waals surface area contributed by atoms with Crippen molar-refractivity contribution in [2.45, 2.75) is 12.3 Å². The van der Waals surface area contributed by atoms with E-state index in [4.69, 9.17) is 16.3 Å². The summed E-state index contributed by atoms with van der Waals surface area (Å²) in [5.41, 5.74) is 1.23. The molecule has 2 rings (SSSR count). The second kappa shape index (κ2) is 3.42. The van der Waals surface area contributed by atoms with Crippen LogP contribution in [-0.4, -0.2) is 18.2 Å². The van der Waals surface area contributed by atoms with Gasteiger partial charge in [-0.05, 0) is 18.1 Å². The van der Waals surface area contributed by atoms with Crippen LogP contribution in [0, 0.1) is 0 Å². The van der Waals surface area contributed by atoms with Crippen molar-refractivity contribution in [2.75, 3.05) is 13.2 Å². The van der Waals surface area contributed by atoms with Crippen molar-refractivity contribution >= 4 is 11.6 Å². The SMILES string of the molecule is Clc1ccc(C2CCOC2)cn1. The molecule has 0 amide bonds. The van der Waals surface area contributed by atoms with Gasteiger partial charge in [0.15, 0.2) is 0 Å². The molecule has 0 spiro atoms. The average molecular weight is 184 g/mol. The van der Waals surface area contributed by atoms with E-state index < -0.39 is 0 Å². The van der Waals surface area contributed by atoms with Gasteiger partial charge in [-0.25, -0.2) is 4.98 Å². The summed E-state index contributed by atoms with van der Waals surface area (Å²) < 4.78 is 5.28. The summed E-state index contributed by atoms with van der Waals surface area (Å²) in [6.07, 6.45) is 2.94. The first-order chi connectivity index (χ1) is 5.86. The molecular formula is C9H10ClNO. The molecule has 1 aromatic heterocycles. The summed E-state index contributed by atoms with van der Waals surface area (Å²) in [5.74, 6) is 0.523. The Bertz CT molecular complexity index is 254. The molecule has 1 unspecified atom stereocenters. The zero-order chi connectivity index (χ0) is 8.39. The van der Waals surface area contributed by atoms with Crippen LogP contribution >= 0.6 is 11.6 Å². The Labute approximate surface area is 76.5 Å². The molecule has 0 bridgehead atoms. The number of rotatable bonds is 1. The van der Waals surface area contributed by atoms with Crippen molar-refractivity contribution in [3.8, 4) is 0 Å². The molecule has 2 heterocycles. The van der Waals surface area contributed by atoms with Gasteiger partial charge in [0, 0.05) is 18.7 Å². The molecule has 0 aromatic carbocycles. The third-order valence-corrected chi connectivity index (χ3v) is 2.37. The van der Waals surface area contributed by atoms with Crippen molar-refractivity contribution in [1.82, 2.24) is 4.98 Å². The first kappa shape index (κ1) is 8.02. The van der Waals surface area contributed by atoms with Crippen LogP contribution in [0.15, 0.2) is 18.3 Å². The van der Waals surface area contributed by atoms with Crippen LogP contribution < -0.4 is 0 Å². The van der Waals surface area contributed by atoms with Gasteiger partial charge in [0.2, 0.25) is 0 Å². The molecule has 1 atom stereocenters. The largest absolute Gasteiger partial charge is 0.381 e. The van der Waals surface area contributed by atoms with Crippen LogP contribution in [0.3, 0.4) is 0 Å². The first-order valence-corrected chi connectivity index (χ1v) is 4.43. The molecule has 1 aromatic rings. The quantitative estimate of drug-likeness (QED) is 0.623. The van der Waals surface area contributed by atoms with E-state index in [1.807, 2.05) is 18.3 Å². The van der Waals surface area contributed by atoms with Gasteiger partial charge >= 0.3 is 0 Å². The summed E-state index contributed by atoms with van der Waals surface area (Å²) in [6.45, 7) is 1.69. The van der Waals surface area contributed by atoms with Crippen molar-refractivity contribution in [3.05, 3.63) is 29.0 Å². The molecule has 0 aliphatic carbocycles. The number of hydrogen-bond donors (Lipinski definition) is 0. The van der Waals surface area contributed by atoms with Crippen LogP contribution in [0.4, 0.5) is 0 Å². The molecule has 1 fully saturated rings. The van der Waals surface area contributed by atoms with Gasteiger partial charge in [-0.15, -0.1) is 0 Å². The van der Waals surface area contributed by atoms with Gasteiger partial charge in [0.1, 0.15) is 5.15 Å². The van der Waals surface area contributed by atoms with E-state index in [1.54, 1.807) is 0 Å². The van der Waals surface area contributed by atoms with Gasteiger partial charge in [-0.2, -0.15) is 0 Å². The standard InChI is InChI=1S/C9H10ClNO/c10-9-2-1-7(5-11-9)8-3-4-12-6-8/h1-2,5,8H,3-4,6H2. The van der Waals surface area contributed by atoms with Gasteiger partial charge in [-0.3, -0.25) is 0 Å². The minimum Gasteiger partial charge on any atom is -0.381 e. The number of halogens is 1. The molecule has 2 nitrogen and oxygen atoms in total. The molecule has 1 aliphatic heterocycles. The predicted octanol–water partition coefficient (Wildman–Crippen LogP) is 2.24. The Morgan fingerprint density at radius 2 is 2.42 bits per heavy atom. The zero-order valence-corrected chi connectivity index (χ0v) is 7.42. The highest BCUT2D eigenvalue weighted by molar-refractivity contribution is 6.29. The first-order valence-electron chi connectivity index (χ1n) is 4.05. The molecule has 3 heteroatoms. The predicted molar refractivity (Wildman–Crippen MR) is 47.4 cm³/mol. The monoisotopic (exact) mass is 183 g/mol. The third-order valence-electron chi connectivity index (χ3n) is 2.15. The van der Waals surface area contributed by atoms with E-state index in [-0.39, 0.29) is 0 Å². The van der Waals surface area contributed by atoms with Crippen molar-refractivity contribution in [2.24, 2.45) is 0 Å². The number of nitrogens with zero attached hydrogens (tertiary/aromatic N) is 1. The van der Waals surface area contributed by atoms with Crippen molar-refractivity contribution in [1.29, 1.82) is 0 Å². The van der Waals surface area contributed by atoms with Crippen molar-refractivity contribution in [3.63, 3.8) is 0 Å². The maximum absolute atomic E-state index is 5.68. The van der Waals surface area contributed by atoms with Gasteiger partial charge < -0.3 is 4.74 Å². The fourth-order valence-corrected chi connectivity index (χ4v) is 1.54. The summed E-state index contributed by atoms with van der Waals surface area (Å²) in [4.78, 5) is 4.03. The van der Waals surface area contributed by atoms with E-state index in [2.05, 4.69) is 4.98 Å². The lowest BCUT2D eigenvalue weighted by Gasteiger charge is -2.05. The smallest absolute Gasteiger partial charge is 0.129 e. The highest BCUT2D eigenvalue weighted by atomic mass is 35.5. The topological polar surface area (TPSA) is 22.1 Å². The Morgan fingerprint density at radius 1 is 1.50 bits per heavy atom. The molecule has 64 valence electrons. The molecule has 12 heavy (non-hydrogen) atoms. The van der Waals surface area contributed by atoms with E-state index in [1.165, 1.54) is 5.56 Å². The second-order valence-electron chi connectivity index (χ2n) is 2.97. The molecule has 0 saturated carbocycles.